The summed E-state index contributed by atoms with van der Waals surface area (Å²) in [5.74, 6) is 2.41. The van der Waals surface area contributed by atoms with E-state index in [1.54, 1.807) is 14.2 Å². The van der Waals surface area contributed by atoms with Crippen LogP contribution < -0.4 is 15.2 Å². The first kappa shape index (κ1) is 15.2. The van der Waals surface area contributed by atoms with E-state index in [-0.39, 0.29) is 6.04 Å². The summed E-state index contributed by atoms with van der Waals surface area (Å²) in [5, 5.41) is 0. The van der Waals surface area contributed by atoms with Gasteiger partial charge in [-0.1, -0.05) is 44.6 Å². The Balaban J connectivity index is 2.12. The number of ether oxygens (including phenoxy) is 2. The van der Waals surface area contributed by atoms with Gasteiger partial charge in [-0.3, -0.25) is 0 Å². The van der Waals surface area contributed by atoms with E-state index < -0.39 is 0 Å². The van der Waals surface area contributed by atoms with Gasteiger partial charge >= 0.3 is 0 Å². The summed E-state index contributed by atoms with van der Waals surface area (Å²) < 4.78 is 10.9. The molecule has 2 N–H and O–H groups in total. The van der Waals surface area contributed by atoms with Crippen LogP contribution in [0.4, 0.5) is 0 Å². The summed E-state index contributed by atoms with van der Waals surface area (Å²) in [6.45, 7) is 0. The molecule has 0 heterocycles. The monoisotopic (exact) mass is 277 g/mol. The predicted octanol–water partition coefficient (Wildman–Crippen LogP) is 4.06. The number of rotatable bonds is 5. The van der Waals surface area contributed by atoms with Crippen LogP contribution in [0.2, 0.25) is 0 Å². The molecular weight excluding hydrogens is 250 g/mol. The largest absolute Gasteiger partial charge is 0.496 e. The molecule has 0 aromatic heterocycles. The Morgan fingerprint density at radius 1 is 1.05 bits per heavy atom. The lowest BCUT2D eigenvalue weighted by atomic mass is 9.89. The van der Waals surface area contributed by atoms with Crippen molar-refractivity contribution in [1.29, 1.82) is 0 Å². The first-order valence-corrected chi connectivity index (χ1v) is 7.72. The fraction of sp³-hybridized carbons (Fsp3) is 0.647. The van der Waals surface area contributed by atoms with Gasteiger partial charge in [0, 0.05) is 6.04 Å². The molecule has 3 nitrogen and oxygen atoms in total. The minimum absolute atomic E-state index is 0.0100. The predicted molar refractivity (Wildman–Crippen MR) is 82.3 cm³/mol. The maximum absolute atomic E-state index is 6.47. The molecule has 1 aromatic carbocycles. The van der Waals surface area contributed by atoms with Crippen LogP contribution in [-0.4, -0.2) is 14.2 Å². The quantitative estimate of drug-likeness (QED) is 0.825. The van der Waals surface area contributed by atoms with Crippen molar-refractivity contribution in [1.82, 2.24) is 0 Å². The average Bonchev–Trinajstić information content (AvgIpc) is 2.74. The molecule has 0 aliphatic heterocycles. The van der Waals surface area contributed by atoms with Gasteiger partial charge in [0.2, 0.25) is 0 Å². The van der Waals surface area contributed by atoms with Crippen molar-refractivity contribution in [3.05, 3.63) is 23.8 Å². The maximum atomic E-state index is 6.47. The summed E-state index contributed by atoms with van der Waals surface area (Å²) in [6, 6.07) is 5.86. The lowest BCUT2D eigenvalue weighted by Crippen LogP contribution is -2.17. The first-order chi connectivity index (χ1) is 9.76. The van der Waals surface area contributed by atoms with Crippen molar-refractivity contribution in [2.45, 2.75) is 51.0 Å². The second-order valence-corrected chi connectivity index (χ2v) is 5.78. The zero-order valence-electron chi connectivity index (χ0n) is 12.7. The molecule has 3 heteroatoms. The molecule has 1 aliphatic carbocycles. The van der Waals surface area contributed by atoms with E-state index in [2.05, 4.69) is 0 Å². The van der Waals surface area contributed by atoms with Crippen molar-refractivity contribution in [2.75, 3.05) is 14.2 Å². The van der Waals surface area contributed by atoms with Gasteiger partial charge in [-0.25, -0.2) is 0 Å². The molecule has 1 aromatic rings. The molecule has 0 radical (unpaired) electrons. The number of methoxy groups -OCH3 is 2. The van der Waals surface area contributed by atoms with Gasteiger partial charge in [-0.05, 0) is 24.5 Å². The van der Waals surface area contributed by atoms with Crippen LogP contribution in [0.25, 0.3) is 0 Å². The summed E-state index contributed by atoms with van der Waals surface area (Å²) in [7, 11) is 3.38. The Hall–Kier alpha value is -1.22. The minimum Gasteiger partial charge on any atom is -0.496 e. The molecule has 1 fully saturated rings. The van der Waals surface area contributed by atoms with E-state index in [9.17, 15) is 0 Å². The van der Waals surface area contributed by atoms with Crippen molar-refractivity contribution in [3.8, 4) is 11.5 Å². The molecule has 0 spiro atoms. The molecular formula is C17H27NO2. The minimum atomic E-state index is -0.0100. The van der Waals surface area contributed by atoms with Gasteiger partial charge in [0.1, 0.15) is 11.5 Å². The van der Waals surface area contributed by atoms with Crippen LogP contribution >= 0.6 is 0 Å². The Kier molecular flexibility index (Phi) is 5.72. The summed E-state index contributed by atoms with van der Waals surface area (Å²) in [5.41, 5.74) is 7.49. The van der Waals surface area contributed by atoms with Crippen LogP contribution in [0.1, 0.15) is 56.6 Å². The van der Waals surface area contributed by atoms with E-state index in [4.69, 9.17) is 15.2 Å². The number of benzene rings is 1. The zero-order chi connectivity index (χ0) is 14.4. The number of hydrogen-bond donors (Lipinski definition) is 1. The highest BCUT2D eigenvalue weighted by atomic mass is 16.5. The molecule has 0 bridgehead atoms. The molecule has 1 unspecified atom stereocenters. The topological polar surface area (TPSA) is 44.5 Å². The molecule has 2 rings (SSSR count). The molecule has 112 valence electrons. The zero-order valence-corrected chi connectivity index (χ0v) is 12.7. The maximum Gasteiger partial charge on any atom is 0.127 e. The number of hydrogen-bond acceptors (Lipinski definition) is 3. The normalized spacial score (nSPS) is 18.4. The summed E-state index contributed by atoms with van der Waals surface area (Å²) >= 11 is 0. The van der Waals surface area contributed by atoms with Crippen LogP contribution in [-0.2, 0) is 0 Å². The highest BCUT2D eigenvalue weighted by Gasteiger charge is 2.22. The van der Waals surface area contributed by atoms with E-state index in [1.165, 1.54) is 38.5 Å². The number of nitrogens with two attached hydrogens (primary N) is 1. The Labute approximate surface area is 122 Å². The first-order valence-electron chi connectivity index (χ1n) is 7.72. The van der Waals surface area contributed by atoms with Crippen LogP contribution in [0.15, 0.2) is 18.2 Å². The lowest BCUT2D eigenvalue weighted by Gasteiger charge is -2.23. The highest BCUT2D eigenvalue weighted by Crippen LogP contribution is 2.37. The van der Waals surface area contributed by atoms with Crippen LogP contribution in [0, 0.1) is 5.92 Å². The molecule has 1 atom stereocenters. The Morgan fingerprint density at radius 2 is 1.60 bits per heavy atom. The third-order valence-corrected chi connectivity index (χ3v) is 4.40. The Morgan fingerprint density at radius 3 is 2.10 bits per heavy atom. The van der Waals surface area contributed by atoms with E-state index >= 15 is 0 Å². The smallest absolute Gasteiger partial charge is 0.127 e. The van der Waals surface area contributed by atoms with E-state index in [0.29, 0.717) is 0 Å². The molecule has 1 aliphatic rings. The van der Waals surface area contributed by atoms with Crippen molar-refractivity contribution in [3.63, 3.8) is 0 Å². The van der Waals surface area contributed by atoms with Gasteiger partial charge in [-0.15, -0.1) is 0 Å². The van der Waals surface area contributed by atoms with Crippen molar-refractivity contribution in [2.24, 2.45) is 11.7 Å². The lowest BCUT2D eigenvalue weighted by molar-refractivity contribution is 0.354. The third kappa shape index (κ3) is 3.66. The second kappa shape index (κ2) is 7.53. The SMILES string of the molecule is COc1cccc(OC)c1C(N)CC1CCCCCC1. The Bertz CT molecular complexity index is 389. The van der Waals surface area contributed by atoms with Gasteiger partial charge < -0.3 is 15.2 Å². The van der Waals surface area contributed by atoms with E-state index in [0.717, 1.165) is 29.4 Å². The third-order valence-electron chi connectivity index (χ3n) is 4.40. The van der Waals surface area contributed by atoms with Crippen LogP contribution in [0.5, 0.6) is 11.5 Å². The molecule has 0 saturated heterocycles. The second-order valence-electron chi connectivity index (χ2n) is 5.78. The molecule has 0 amide bonds. The van der Waals surface area contributed by atoms with Gasteiger partial charge in [0.05, 0.1) is 19.8 Å². The standard InChI is InChI=1S/C17H27NO2/c1-19-15-10-7-11-16(20-2)17(15)14(18)12-13-8-5-3-4-6-9-13/h7,10-11,13-14H,3-6,8-9,12,18H2,1-2H3. The van der Waals surface area contributed by atoms with Crippen LogP contribution in [0.3, 0.4) is 0 Å². The van der Waals surface area contributed by atoms with E-state index in [1.807, 2.05) is 18.2 Å². The fourth-order valence-electron chi connectivity index (χ4n) is 3.32. The van der Waals surface area contributed by atoms with Crippen molar-refractivity contribution < 1.29 is 9.47 Å². The molecule has 20 heavy (non-hydrogen) atoms. The van der Waals surface area contributed by atoms with Crippen molar-refractivity contribution >= 4 is 0 Å². The molecule has 1 saturated carbocycles. The van der Waals surface area contributed by atoms with Gasteiger partial charge in [0.15, 0.2) is 0 Å². The fourth-order valence-corrected chi connectivity index (χ4v) is 3.32. The van der Waals surface area contributed by atoms with Gasteiger partial charge in [0.25, 0.3) is 0 Å². The summed E-state index contributed by atoms with van der Waals surface area (Å²) in [6.07, 6.45) is 9.10. The summed E-state index contributed by atoms with van der Waals surface area (Å²) in [4.78, 5) is 0. The average molecular weight is 277 g/mol. The highest BCUT2D eigenvalue weighted by molar-refractivity contribution is 5.46. The van der Waals surface area contributed by atoms with Gasteiger partial charge in [-0.2, -0.15) is 0 Å².